The van der Waals surface area contributed by atoms with Crippen LogP contribution in [0.1, 0.15) is 19.4 Å². The fourth-order valence-electron chi connectivity index (χ4n) is 1.02. The van der Waals surface area contributed by atoms with Crippen molar-refractivity contribution >= 4 is 22.1 Å². The maximum absolute atomic E-state index is 7.24. The van der Waals surface area contributed by atoms with Crippen molar-refractivity contribution in [3.63, 3.8) is 0 Å². The Morgan fingerprint density at radius 1 is 1.50 bits per heavy atom. The second kappa shape index (κ2) is 5.15. The molecule has 0 aromatic heterocycles. The molecule has 0 fully saturated rings. The molecule has 0 atom stereocenters. The Bertz CT molecular complexity index is 323. The van der Waals surface area contributed by atoms with Crippen LogP contribution in [0.4, 0.5) is 0 Å². The highest BCUT2D eigenvalue weighted by Gasteiger charge is 2.03. The zero-order valence-electron chi connectivity index (χ0n) is 8.38. The van der Waals surface area contributed by atoms with Gasteiger partial charge in [0, 0.05) is 16.3 Å². The third-order valence-electron chi connectivity index (χ3n) is 1.70. The highest BCUT2D eigenvalue weighted by atomic mass is 79.9. The zero-order valence-corrected chi connectivity index (χ0v) is 9.97. The van der Waals surface area contributed by atoms with E-state index >= 15 is 0 Å². The molecule has 0 spiro atoms. The number of ether oxygens (including phenoxy) is 1. The van der Waals surface area contributed by atoms with Gasteiger partial charge >= 0.3 is 0 Å². The van der Waals surface area contributed by atoms with Gasteiger partial charge in [-0.15, -0.1) is 0 Å². The number of nitrogens with one attached hydrogen (secondary N) is 1. The van der Waals surface area contributed by atoms with Crippen molar-refractivity contribution in [2.45, 2.75) is 13.8 Å². The van der Waals surface area contributed by atoms with Crippen LogP contribution >= 0.6 is 15.9 Å². The van der Waals surface area contributed by atoms with Gasteiger partial charge in [-0.3, -0.25) is 0 Å². The van der Waals surface area contributed by atoms with Gasteiger partial charge < -0.3 is 10.1 Å². The van der Waals surface area contributed by atoms with Crippen molar-refractivity contribution in [1.82, 2.24) is 0 Å². The lowest BCUT2D eigenvalue weighted by atomic mass is 10.2. The monoisotopic (exact) mass is 255 g/mol. The van der Waals surface area contributed by atoms with Gasteiger partial charge in [-0.25, -0.2) is 0 Å². The van der Waals surface area contributed by atoms with Gasteiger partial charge in [0.2, 0.25) is 0 Å². The minimum Gasteiger partial charge on any atom is -0.493 e. The normalized spacial score (nSPS) is 10.3. The Labute approximate surface area is 92.9 Å². The predicted octanol–water partition coefficient (Wildman–Crippen LogP) is 3.48. The second-order valence-corrected chi connectivity index (χ2v) is 4.45. The molecule has 76 valence electrons. The van der Waals surface area contributed by atoms with Gasteiger partial charge in [0.25, 0.3) is 0 Å². The van der Waals surface area contributed by atoms with Gasteiger partial charge in [-0.2, -0.15) is 0 Å². The molecule has 2 nitrogen and oxygen atoms in total. The van der Waals surface area contributed by atoms with Crippen molar-refractivity contribution in [2.75, 3.05) is 6.61 Å². The molecular weight excluding hydrogens is 242 g/mol. The molecule has 0 aliphatic rings. The smallest absolute Gasteiger partial charge is 0.128 e. The van der Waals surface area contributed by atoms with Crippen LogP contribution in [0.2, 0.25) is 0 Å². The van der Waals surface area contributed by atoms with Crippen molar-refractivity contribution in [2.24, 2.45) is 5.92 Å². The Morgan fingerprint density at radius 2 is 2.21 bits per heavy atom. The second-order valence-electron chi connectivity index (χ2n) is 3.53. The van der Waals surface area contributed by atoms with Crippen molar-refractivity contribution in [1.29, 1.82) is 5.41 Å². The summed E-state index contributed by atoms with van der Waals surface area (Å²) in [5.41, 5.74) is 0.806. The summed E-state index contributed by atoms with van der Waals surface area (Å²) in [5.74, 6) is 1.27. The third kappa shape index (κ3) is 3.14. The maximum Gasteiger partial charge on any atom is 0.128 e. The molecule has 0 aliphatic carbocycles. The summed E-state index contributed by atoms with van der Waals surface area (Å²) in [6.07, 6.45) is 1.31. The largest absolute Gasteiger partial charge is 0.493 e. The molecule has 3 heteroatoms. The third-order valence-corrected chi connectivity index (χ3v) is 2.19. The van der Waals surface area contributed by atoms with Crippen LogP contribution in [0.3, 0.4) is 0 Å². The summed E-state index contributed by atoms with van der Waals surface area (Å²) < 4.78 is 6.54. The minimum absolute atomic E-state index is 0.497. The number of rotatable bonds is 4. The fraction of sp³-hybridized carbons (Fsp3) is 0.364. The van der Waals surface area contributed by atoms with Gasteiger partial charge in [0.1, 0.15) is 5.75 Å². The van der Waals surface area contributed by atoms with Crippen molar-refractivity contribution in [3.05, 3.63) is 28.2 Å². The van der Waals surface area contributed by atoms with Gasteiger partial charge in [0.05, 0.1) is 6.61 Å². The summed E-state index contributed by atoms with van der Waals surface area (Å²) in [6, 6.07) is 5.68. The van der Waals surface area contributed by atoms with E-state index in [-0.39, 0.29) is 0 Å². The van der Waals surface area contributed by atoms with Crippen LogP contribution in [0.15, 0.2) is 22.7 Å². The van der Waals surface area contributed by atoms with Crippen LogP contribution in [-0.4, -0.2) is 12.8 Å². The molecule has 1 rings (SSSR count). The van der Waals surface area contributed by atoms with Crippen LogP contribution in [0.25, 0.3) is 0 Å². The molecular formula is C11H14BrNO. The molecule has 14 heavy (non-hydrogen) atoms. The average Bonchev–Trinajstić information content (AvgIpc) is 2.15. The topological polar surface area (TPSA) is 33.1 Å². The molecule has 0 amide bonds. The first kappa shape index (κ1) is 11.2. The minimum atomic E-state index is 0.497. The standard InChI is InChI=1S/C11H14BrNO/c1-8(2)7-14-11-4-3-10(12)5-9(11)6-13/h3-6,8,13H,7H2,1-2H3. The van der Waals surface area contributed by atoms with Gasteiger partial charge in [0.15, 0.2) is 0 Å². The SMILES string of the molecule is CC(C)COc1ccc(Br)cc1C=N. The number of hydrogen-bond acceptors (Lipinski definition) is 2. The molecule has 1 aromatic carbocycles. The predicted molar refractivity (Wildman–Crippen MR) is 62.4 cm³/mol. The Kier molecular flexibility index (Phi) is 4.14. The quantitative estimate of drug-likeness (QED) is 0.822. The average molecular weight is 256 g/mol. The van der Waals surface area contributed by atoms with E-state index in [9.17, 15) is 0 Å². The lowest BCUT2D eigenvalue weighted by Gasteiger charge is -2.10. The molecule has 0 saturated heterocycles. The first-order valence-electron chi connectivity index (χ1n) is 4.56. The van der Waals surface area contributed by atoms with Crippen LogP contribution in [0, 0.1) is 11.3 Å². The molecule has 1 N–H and O–H groups in total. The molecule has 0 bridgehead atoms. The molecule has 1 aromatic rings. The first-order chi connectivity index (χ1) is 6.63. The van der Waals surface area contributed by atoms with E-state index in [1.807, 2.05) is 18.2 Å². The van der Waals surface area contributed by atoms with E-state index in [1.54, 1.807) is 0 Å². The first-order valence-corrected chi connectivity index (χ1v) is 5.35. The number of benzene rings is 1. The maximum atomic E-state index is 7.24. The lowest BCUT2D eigenvalue weighted by Crippen LogP contribution is -2.05. The van der Waals surface area contributed by atoms with E-state index in [2.05, 4.69) is 29.8 Å². The molecule has 0 heterocycles. The zero-order chi connectivity index (χ0) is 10.6. The molecule has 0 saturated carbocycles. The van der Waals surface area contributed by atoms with E-state index < -0.39 is 0 Å². The Morgan fingerprint density at radius 3 is 2.79 bits per heavy atom. The van der Waals surface area contributed by atoms with E-state index in [1.165, 1.54) is 6.21 Å². The van der Waals surface area contributed by atoms with Gasteiger partial charge in [-0.1, -0.05) is 29.8 Å². The summed E-state index contributed by atoms with van der Waals surface area (Å²) in [7, 11) is 0. The van der Waals surface area contributed by atoms with E-state index in [0.29, 0.717) is 12.5 Å². The summed E-state index contributed by atoms with van der Waals surface area (Å²) in [6.45, 7) is 4.88. The van der Waals surface area contributed by atoms with Crippen LogP contribution < -0.4 is 4.74 Å². The lowest BCUT2D eigenvalue weighted by molar-refractivity contribution is 0.270. The fourth-order valence-corrected chi connectivity index (χ4v) is 1.40. The summed E-state index contributed by atoms with van der Waals surface area (Å²) >= 11 is 3.36. The van der Waals surface area contributed by atoms with Crippen molar-refractivity contribution < 1.29 is 4.74 Å². The Balaban J connectivity index is 2.80. The number of hydrogen-bond donors (Lipinski definition) is 1. The van der Waals surface area contributed by atoms with E-state index in [4.69, 9.17) is 10.1 Å². The summed E-state index contributed by atoms with van der Waals surface area (Å²) in [5, 5.41) is 7.24. The number of halogens is 1. The summed E-state index contributed by atoms with van der Waals surface area (Å²) in [4.78, 5) is 0. The highest BCUT2D eigenvalue weighted by Crippen LogP contribution is 2.22. The van der Waals surface area contributed by atoms with Crippen LogP contribution in [0.5, 0.6) is 5.75 Å². The highest BCUT2D eigenvalue weighted by molar-refractivity contribution is 9.10. The van der Waals surface area contributed by atoms with Crippen LogP contribution in [-0.2, 0) is 0 Å². The molecule has 0 aliphatic heterocycles. The Hall–Kier alpha value is -0.830. The van der Waals surface area contributed by atoms with Gasteiger partial charge in [-0.05, 0) is 24.1 Å². The molecule has 0 radical (unpaired) electrons. The van der Waals surface area contributed by atoms with Crippen molar-refractivity contribution in [3.8, 4) is 5.75 Å². The molecule has 0 unspecified atom stereocenters. The van der Waals surface area contributed by atoms with E-state index in [0.717, 1.165) is 15.8 Å².